The number of rotatable bonds is 4. The molecule has 4 heterocycles. The molecule has 0 fully saturated rings. The van der Waals surface area contributed by atoms with Gasteiger partial charge in [0.05, 0.1) is 45.3 Å². The number of aromatic nitrogens is 2. The smallest absolute Gasteiger partial charge is 0.182 e. The van der Waals surface area contributed by atoms with Crippen molar-refractivity contribution in [2.45, 2.75) is 0 Å². The Labute approximate surface area is 387 Å². The van der Waals surface area contributed by atoms with Crippen molar-refractivity contribution >= 4 is 72.4 Å². The van der Waals surface area contributed by atoms with Crippen molar-refractivity contribution in [3.63, 3.8) is 0 Å². The van der Waals surface area contributed by atoms with Crippen LogP contribution in [0, 0.1) is 22.7 Å². The van der Waals surface area contributed by atoms with Gasteiger partial charge in [0.25, 0.3) is 0 Å². The zero-order valence-corrected chi connectivity index (χ0v) is 37.1. The lowest BCUT2D eigenvalue weighted by Crippen LogP contribution is -2.71. The van der Waals surface area contributed by atoms with Gasteiger partial charge >= 0.3 is 0 Å². The van der Waals surface area contributed by atoms with Crippen molar-refractivity contribution < 1.29 is 0 Å². The van der Waals surface area contributed by atoms with Crippen molar-refractivity contribution in [3.8, 4) is 68.0 Å². The van der Waals surface area contributed by atoms with E-state index in [0.29, 0.717) is 11.1 Å². The predicted octanol–water partition coefficient (Wildman–Crippen LogP) is 12.3. The molecule has 14 rings (SSSR count). The summed E-state index contributed by atoms with van der Waals surface area (Å²) in [6.07, 6.45) is 0. The van der Waals surface area contributed by atoms with E-state index in [1.165, 1.54) is 75.5 Å². The van der Waals surface area contributed by atoms with E-state index in [4.69, 9.17) is 0 Å². The summed E-state index contributed by atoms with van der Waals surface area (Å²) < 4.78 is 4.72. The minimum atomic E-state index is -3.12. The van der Waals surface area contributed by atoms with E-state index in [0.717, 1.165) is 44.8 Å². The van der Waals surface area contributed by atoms with E-state index in [2.05, 4.69) is 228 Å². The molecule has 0 bridgehead atoms. The molecule has 10 aromatic carbocycles. The molecular formula is C62H36N4Si. The molecule has 2 aromatic heterocycles. The zero-order valence-electron chi connectivity index (χ0n) is 36.1. The fourth-order valence-corrected chi connectivity index (χ4v) is 17.5. The maximum absolute atomic E-state index is 10.4. The normalized spacial score (nSPS) is 12.9. The summed E-state index contributed by atoms with van der Waals surface area (Å²) >= 11 is 0. The number of fused-ring (bicyclic) bond motifs is 16. The second kappa shape index (κ2) is 14.0. The minimum absolute atomic E-state index is 0.641. The Morgan fingerprint density at radius 2 is 0.597 bits per heavy atom. The molecule has 2 aliphatic heterocycles. The summed E-state index contributed by atoms with van der Waals surface area (Å²) in [6.45, 7) is 0. The van der Waals surface area contributed by atoms with Crippen molar-refractivity contribution in [1.29, 1.82) is 10.5 Å². The largest absolute Gasteiger partial charge is 0.309 e. The second-order valence-electron chi connectivity index (χ2n) is 17.8. The third-order valence-electron chi connectivity index (χ3n) is 14.6. The average molecular weight is 865 g/mol. The first kappa shape index (κ1) is 37.4. The van der Waals surface area contributed by atoms with E-state index in [9.17, 15) is 10.5 Å². The van der Waals surface area contributed by atoms with Crippen LogP contribution in [0.5, 0.6) is 0 Å². The summed E-state index contributed by atoms with van der Waals surface area (Å²) in [6, 6.07) is 83.8. The predicted molar refractivity (Wildman–Crippen MR) is 277 cm³/mol. The molecule has 0 atom stereocenters. The molecule has 5 heteroatoms. The van der Waals surface area contributed by atoms with Crippen molar-refractivity contribution in [2.24, 2.45) is 0 Å². The molecule has 308 valence electrons. The molecule has 1 spiro atoms. The summed E-state index contributed by atoms with van der Waals surface area (Å²) in [5.41, 5.74) is 17.5. The van der Waals surface area contributed by atoms with Crippen LogP contribution in [0.25, 0.3) is 99.5 Å². The van der Waals surface area contributed by atoms with Gasteiger partial charge in [-0.3, -0.25) is 0 Å². The Morgan fingerprint density at radius 1 is 0.299 bits per heavy atom. The van der Waals surface area contributed by atoms with Crippen LogP contribution in [0.15, 0.2) is 218 Å². The molecule has 2 aliphatic rings. The van der Waals surface area contributed by atoms with Gasteiger partial charge in [0.1, 0.15) is 0 Å². The van der Waals surface area contributed by atoms with Gasteiger partial charge in [-0.1, -0.05) is 146 Å². The first-order valence-electron chi connectivity index (χ1n) is 22.7. The molecular weight excluding hydrogens is 829 g/mol. The molecule has 0 N–H and O–H groups in total. The molecule has 67 heavy (non-hydrogen) atoms. The van der Waals surface area contributed by atoms with Gasteiger partial charge < -0.3 is 9.13 Å². The highest BCUT2D eigenvalue weighted by atomic mass is 28.3. The summed E-state index contributed by atoms with van der Waals surface area (Å²) in [5.74, 6) is 0. The molecule has 0 aliphatic carbocycles. The molecule has 4 nitrogen and oxygen atoms in total. The van der Waals surface area contributed by atoms with Crippen molar-refractivity contribution in [1.82, 2.24) is 9.13 Å². The van der Waals surface area contributed by atoms with Crippen molar-refractivity contribution in [2.75, 3.05) is 0 Å². The zero-order chi connectivity index (χ0) is 44.4. The van der Waals surface area contributed by atoms with Gasteiger partial charge in [0, 0.05) is 32.9 Å². The third kappa shape index (κ3) is 5.15. The number of hydrogen-bond donors (Lipinski definition) is 0. The topological polar surface area (TPSA) is 57.4 Å². The van der Waals surface area contributed by atoms with Crippen LogP contribution in [0.1, 0.15) is 11.1 Å². The van der Waals surface area contributed by atoms with Crippen LogP contribution in [-0.4, -0.2) is 17.2 Å². The Hall–Kier alpha value is -9.00. The van der Waals surface area contributed by atoms with Crippen molar-refractivity contribution in [3.05, 3.63) is 230 Å². The lowest BCUT2D eigenvalue weighted by Gasteiger charge is -2.28. The highest BCUT2D eigenvalue weighted by Gasteiger charge is 2.54. The SMILES string of the molecule is N#Cc1ccc2c(c1)[Si]1(c3cc(C#N)ccc3-2)c2cc(-c3ccc(-n4c5ccccc5c5ccccc54)cc3)ccc2-c2ccc(-c3ccc(-n4c5ccccc5c5ccccc54)cc3)cc21. The lowest BCUT2D eigenvalue weighted by atomic mass is 9.98. The van der Waals surface area contributed by atoms with Crippen LogP contribution >= 0.6 is 0 Å². The molecule has 0 amide bonds. The number of nitriles is 2. The molecule has 0 unspecified atom stereocenters. The number of para-hydroxylation sites is 4. The van der Waals surface area contributed by atoms with Gasteiger partial charge in [0.15, 0.2) is 8.07 Å². The van der Waals surface area contributed by atoms with Gasteiger partial charge in [0.2, 0.25) is 0 Å². The van der Waals surface area contributed by atoms with Crippen LogP contribution in [-0.2, 0) is 0 Å². The maximum atomic E-state index is 10.4. The minimum Gasteiger partial charge on any atom is -0.309 e. The third-order valence-corrected chi connectivity index (χ3v) is 19.5. The van der Waals surface area contributed by atoms with E-state index in [1.54, 1.807) is 0 Å². The highest BCUT2D eigenvalue weighted by Crippen LogP contribution is 2.40. The van der Waals surface area contributed by atoms with E-state index in [1.807, 2.05) is 12.1 Å². The highest BCUT2D eigenvalue weighted by molar-refractivity contribution is 7.24. The lowest BCUT2D eigenvalue weighted by molar-refractivity contribution is 1.18. The average Bonchev–Trinajstić information content (AvgIpc) is 4.10. The van der Waals surface area contributed by atoms with Crippen LogP contribution < -0.4 is 20.7 Å². The van der Waals surface area contributed by atoms with Gasteiger partial charge in [-0.2, -0.15) is 10.5 Å². The molecule has 0 saturated carbocycles. The fraction of sp³-hybridized carbons (Fsp3) is 0. The standard InChI is InChI=1S/C62H36N4Si/c63-37-39-17-29-51-52-30-18-40(38-64)34-60(52)67(59(51)33-39)61-35-43(41-19-25-45(26-20-41)65-55-13-5-1-9-47(55)48-10-2-6-14-56(48)65)23-31-53(61)54-32-24-44(36-62(54)67)42-21-27-46(28-22-42)66-57-15-7-3-11-49(57)50-12-4-8-16-58(50)66/h1-36H. The Balaban J connectivity index is 0.945. The second-order valence-corrected chi connectivity index (χ2v) is 21.5. The fourth-order valence-electron chi connectivity index (χ4n) is 11.7. The summed E-state index contributed by atoms with van der Waals surface area (Å²) in [5, 5.41) is 30.8. The Kier molecular flexibility index (Phi) is 7.81. The van der Waals surface area contributed by atoms with Gasteiger partial charge in [-0.25, -0.2) is 0 Å². The van der Waals surface area contributed by atoms with Crippen LogP contribution in [0.4, 0.5) is 0 Å². The maximum Gasteiger partial charge on any atom is 0.182 e. The Morgan fingerprint density at radius 3 is 0.940 bits per heavy atom. The first-order chi connectivity index (χ1) is 33.1. The summed E-state index contributed by atoms with van der Waals surface area (Å²) in [7, 11) is -3.12. The number of hydrogen-bond acceptors (Lipinski definition) is 2. The molecule has 0 saturated heterocycles. The van der Waals surface area contributed by atoms with Crippen LogP contribution in [0.3, 0.4) is 0 Å². The quantitative estimate of drug-likeness (QED) is 0.166. The van der Waals surface area contributed by atoms with Gasteiger partial charge in [-0.15, -0.1) is 0 Å². The monoisotopic (exact) mass is 864 g/mol. The molecule has 12 aromatic rings. The molecule has 0 radical (unpaired) electrons. The number of benzene rings is 10. The van der Waals surface area contributed by atoms with E-state index < -0.39 is 8.07 Å². The first-order valence-corrected chi connectivity index (χ1v) is 24.7. The van der Waals surface area contributed by atoms with E-state index >= 15 is 0 Å². The van der Waals surface area contributed by atoms with E-state index in [-0.39, 0.29) is 0 Å². The Bertz CT molecular complexity index is 3800. The van der Waals surface area contributed by atoms with Crippen LogP contribution in [0.2, 0.25) is 0 Å². The summed E-state index contributed by atoms with van der Waals surface area (Å²) in [4.78, 5) is 0. The van der Waals surface area contributed by atoms with Gasteiger partial charge in [-0.05, 0) is 138 Å². The number of nitrogens with zero attached hydrogens (tertiary/aromatic N) is 4.